The standard InChI is InChI=1S/C12H15N3/c13-11(7-12-8-14-9-15-12)6-10-4-2-1-3-5-10/h1-5,8-9,11H,6-7,13H2,(H,14,15). The second kappa shape index (κ2) is 4.75. The SMILES string of the molecule is NC(Cc1ccccc1)Cc1cnc[nH]1. The summed E-state index contributed by atoms with van der Waals surface area (Å²) in [7, 11) is 0. The highest BCUT2D eigenvalue weighted by molar-refractivity contribution is 5.16. The first-order valence-corrected chi connectivity index (χ1v) is 5.11. The molecule has 3 heteroatoms. The summed E-state index contributed by atoms with van der Waals surface area (Å²) in [6.07, 6.45) is 5.25. The van der Waals surface area contributed by atoms with Crippen molar-refractivity contribution in [3.05, 3.63) is 54.1 Å². The van der Waals surface area contributed by atoms with Crippen LogP contribution in [0.15, 0.2) is 42.9 Å². The van der Waals surface area contributed by atoms with Gasteiger partial charge in [0.1, 0.15) is 0 Å². The number of aromatic nitrogens is 2. The lowest BCUT2D eigenvalue weighted by Crippen LogP contribution is -2.25. The van der Waals surface area contributed by atoms with Crippen molar-refractivity contribution < 1.29 is 0 Å². The summed E-state index contributed by atoms with van der Waals surface area (Å²) < 4.78 is 0. The van der Waals surface area contributed by atoms with Gasteiger partial charge in [0.2, 0.25) is 0 Å². The average molecular weight is 201 g/mol. The maximum absolute atomic E-state index is 6.05. The molecule has 78 valence electrons. The monoisotopic (exact) mass is 201 g/mol. The number of rotatable bonds is 4. The Balaban J connectivity index is 1.90. The molecule has 2 aromatic rings. The van der Waals surface area contributed by atoms with Crippen molar-refractivity contribution >= 4 is 0 Å². The molecule has 0 fully saturated rings. The van der Waals surface area contributed by atoms with Gasteiger partial charge in [-0.3, -0.25) is 0 Å². The van der Waals surface area contributed by atoms with Gasteiger partial charge in [-0.05, 0) is 12.0 Å². The number of benzene rings is 1. The van der Waals surface area contributed by atoms with Crippen LogP contribution < -0.4 is 5.73 Å². The molecule has 0 saturated carbocycles. The maximum atomic E-state index is 6.05. The van der Waals surface area contributed by atoms with Gasteiger partial charge in [-0.2, -0.15) is 0 Å². The Morgan fingerprint density at radius 2 is 2.00 bits per heavy atom. The molecular formula is C12H15N3. The van der Waals surface area contributed by atoms with Gasteiger partial charge < -0.3 is 10.7 Å². The Morgan fingerprint density at radius 1 is 1.20 bits per heavy atom. The van der Waals surface area contributed by atoms with E-state index in [2.05, 4.69) is 22.1 Å². The second-order valence-electron chi connectivity index (χ2n) is 3.73. The van der Waals surface area contributed by atoms with E-state index in [4.69, 9.17) is 5.73 Å². The van der Waals surface area contributed by atoms with Crippen molar-refractivity contribution in [2.75, 3.05) is 0 Å². The van der Waals surface area contributed by atoms with Crippen molar-refractivity contribution in [3.8, 4) is 0 Å². The largest absolute Gasteiger partial charge is 0.348 e. The quantitative estimate of drug-likeness (QED) is 0.788. The van der Waals surface area contributed by atoms with Crippen molar-refractivity contribution in [2.24, 2.45) is 5.73 Å². The molecule has 0 radical (unpaired) electrons. The van der Waals surface area contributed by atoms with E-state index in [1.807, 2.05) is 24.4 Å². The molecule has 0 aliphatic carbocycles. The maximum Gasteiger partial charge on any atom is 0.0921 e. The molecule has 3 nitrogen and oxygen atoms in total. The van der Waals surface area contributed by atoms with E-state index in [1.54, 1.807) is 6.33 Å². The minimum atomic E-state index is 0.146. The highest BCUT2D eigenvalue weighted by atomic mass is 14.9. The first-order valence-electron chi connectivity index (χ1n) is 5.11. The summed E-state index contributed by atoms with van der Waals surface area (Å²) >= 11 is 0. The molecule has 0 aliphatic rings. The van der Waals surface area contributed by atoms with E-state index in [1.165, 1.54) is 5.56 Å². The zero-order valence-corrected chi connectivity index (χ0v) is 8.56. The molecule has 0 aliphatic heterocycles. The van der Waals surface area contributed by atoms with Gasteiger partial charge in [0.25, 0.3) is 0 Å². The third-order valence-corrected chi connectivity index (χ3v) is 2.38. The van der Waals surface area contributed by atoms with Gasteiger partial charge in [0.05, 0.1) is 6.33 Å². The molecule has 2 rings (SSSR count). The van der Waals surface area contributed by atoms with Crippen LogP contribution in [-0.4, -0.2) is 16.0 Å². The number of hydrogen-bond donors (Lipinski definition) is 2. The molecule has 1 unspecified atom stereocenters. The van der Waals surface area contributed by atoms with Crippen molar-refractivity contribution in [1.82, 2.24) is 9.97 Å². The fourth-order valence-corrected chi connectivity index (χ4v) is 1.67. The van der Waals surface area contributed by atoms with Gasteiger partial charge in [0.15, 0.2) is 0 Å². The van der Waals surface area contributed by atoms with Crippen molar-refractivity contribution in [1.29, 1.82) is 0 Å². The van der Waals surface area contributed by atoms with Crippen LogP contribution in [0, 0.1) is 0 Å². The Kier molecular flexibility index (Phi) is 3.15. The van der Waals surface area contributed by atoms with E-state index in [0.29, 0.717) is 0 Å². The molecule has 15 heavy (non-hydrogen) atoms. The Morgan fingerprint density at radius 3 is 2.67 bits per heavy atom. The number of nitrogens with one attached hydrogen (secondary N) is 1. The summed E-state index contributed by atoms with van der Waals surface area (Å²) in [6.45, 7) is 0. The molecular weight excluding hydrogens is 186 g/mol. The topological polar surface area (TPSA) is 54.7 Å². The summed E-state index contributed by atoms with van der Waals surface area (Å²) in [6, 6.07) is 10.5. The highest BCUT2D eigenvalue weighted by Crippen LogP contribution is 2.05. The summed E-state index contributed by atoms with van der Waals surface area (Å²) in [5.41, 5.74) is 8.43. The first-order chi connectivity index (χ1) is 7.34. The predicted octanol–water partition coefficient (Wildman–Crippen LogP) is 1.52. The molecule has 1 aromatic heterocycles. The van der Waals surface area contributed by atoms with Crippen LogP contribution in [0.1, 0.15) is 11.3 Å². The minimum absolute atomic E-state index is 0.146. The third-order valence-electron chi connectivity index (χ3n) is 2.38. The summed E-state index contributed by atoms with van der Waals surface area (Å²) in [4.78, 5) is 7.03. The predicted molar refractivity (Wildman–Crippen MR) is 60.4 cm³/mol. The third kappa shape index (κ3) is 2.92. The Hall–Kier alpha value is -1.61. The Labute approximate surface area is 89.4 Å². The molecule has 1 atom stereocenters. The zero-order chi connectivity index (χ0) is 10.5. The number of imidazole rings is 1. The van der Waals surface area contributed by atoms with E-state index < -0.39 is 0 Å². The van der Waals surface area contributed by atoms with Crippen LogP contribution in [0.4, 0.5) is 0 Å². The normalized spacial score (nSPS) is 12.6. The van der Waals surface area contributed by atoms with Gasteiger partial charge >= 0.3 is 0 Å². The molecule has 0 amide bonds. The highest BCUT2D eigenvalue weighted by Gasteiger charge is 2.05. The van der Waals surface area contributed by atoms with Crippen LogP contribution in [0.3, 0.4) is 0 Å². The number of aromatic amines is 1. The molecule has 0 spiro atoms. The van der Waals surface area contributed by atoms with Crippen LogP contribution >= 0.6 is 0 Å². The summed E-state index contributed by atoms with van der Waals surface area (Å²) in [5.74, 6) is 0. The van der Waals surface area contributed by atoms with Gasteiger partial charge in [0, 0.05) is 24.4 Å². The van der Waals surface area contributed by atoms with Crippen LogP contribution in [-0.2, 0) is 12.8 Å². The number of nitrogens with two attached hydrogens (primary N) is 1. The van der Waals surface area contributed by atoms with Crippen LogP contribution in [0.5, 0.6) is 0 Å². The zero-order valence-electron chi connectivity index (χ0n) is 8.56. The fourth-order valence-electron chi connectivity index (χ4n) is 1.67. The lowest BCUT2D eigenvalue weighted by molar-refractivity contribution is 0.656. The van der Waals surface area contributed by atoms with Gasteiger partial charge in [-0.15, -0.1) is 0 Å². The van der Waals surface area contributed by atoms with Crippen molar-refractivity contribution in [3.63, 3.8) is 0 Å². The lowest BCUT2D eigenvalue weighted by Gasteiger charge is -2.09. The molecule has 0 saturated heterocycles. The lowest BCUT2D eigenvalue weighted by atomic mass is 10.0. The number of hydrogen-bond acceptors (Lipinski definition) is 2. The minimum Gasteiger partial charge on any atom is -0.348 e. The van der Waals surface area contributed by atoms with Crippen molar-refractivity contribution in [2.45, 2.75) is 18.9 Å². The van der Waals surface area contributed by atoms with E-state index in [9.17, 15) is 0 Å². The van der Waals surface area contributed by atoms with Crippen LogP contribution in [0.25, 0.3) is 0 Å². The summed E-state index contributed by atoms with van der Waals surface area (Å²) in [5, 5.41) is 0. The molecule has 0 bridgehead atoms. The molecule has 3 N–H and O–H groups in total. The van der Waals surface area contributed by atoms with E-state index in [0.717, 1.165) is 18.5 Å². The molecule has 1 aromatic carbocycles. The van der Waals surface area contributed by atoms with Gasteiger partial charge in [-0.25, -0.2) is 4.98 Å². The fraction of sp³-hybridized carbons (Fsp3) is 0.250. The van der Waals surface area contributed by atoms with Crippen LogP contribution in [0.2, 0.25) is 0 Å². The van der Waals surface area contributed by atoms with E-state index >= 15 is 0 Å². The van der Waals surface area contributed by atoms with E-state index in [-0.39, 0.29) is 6.04 Å². The number of H-pyrrole nitrogens is 1. The second-order valence-corrected chi connectivity index (χ2v) is 3.73. The smallest absolute Gasteiger partial charge is 0.0921 e. The first kappa shape index (κ1) is 9.93. The number of nitrogens with zero attached hydrogens (tertiary/aromatic N) is 1. The molecule has 1 heterocycles. The average Bonchev–Trinajstić information content (AvgIpc) is 2.71. The Bertz CT molecular complexity index is 381. The van der Waals surface area contributed by atoms with Gasteiger partial charge in [-0.1, -0.05) is 30.3 Å².